The maximum atomic E-state index is 12.4. The van der Waals surface area contributed by atoms with E-state index in [1.54, 1.807) is 0 Å². The zero-order valence-corrected chi connectivity index (χ0v) is 15.8. The molecule has 2 fully saturated rings. The first-order valence-electron chi connectivity index (χ1n) is 8.16. The van der Waals surface area contributed by atoms with Crippen LogP contribution in [0.25, 0.3) is 0 Å². The van der Waals surface area contributed by atoms with Gasteiger partial charge < -0.3 is 15.5 Å². The summed E-state index contributed by atoms with van der Waals surface area (Å²) in [5.41, 5.74) is 1.22. The van der Waals surface area contributed by atoms with Crippen molar-refractivity contribution in [3.05, 3.63) is 28.7 Å². The Morgan fingerprint density at radius 3 is 2.87 bits per heavy atom. The number of halogens is 2. The maximum absolute atomic E-state index is 12.4. The second-order valence-corrected chi connectivity index (χ2v) is 7.32. The number of nitrogens with zero attached hydrogens (tertiary/aromatic N) is 1. The van der Waals surface area contributed by atoms with Crippen LogP contribution in [0.5, 0.6) is 0 Å². The van der Waals surface area contributed by atoms with Gasteiger partial charge in [-0.1, -0.05) is 12.1 Å². The van der Waals surface area contributed by atoms with Crippen LogP contribution in [0, 0.1) is 5.92 Å². The predicted octanol–water partition coefficient (Wildman–Crippen LogP) is 2.95. The molecule has 0 aliphatic carbocycles. The molecule has 2 N–H and O–H groups in total. The molecule has 1 amide bonds. The number of hydrogen-bond donors (Lipinski definition) is 2. The lowest BCUT2D eigenvalue weighted by atomic mass is 9.92. The molecular weight excluding hydrogens is 378 g/mol. The first-order valence-corrected chi connectivity index (χ1v) is 8.96. The van der Waals surface area contributed by atoms with E-state index in [0.717, 1.165) is 43.4 Å². The molecule has 2 aliphatic heterocycles. The number of benzene rings is 1. The summed E-state index contributed by atoms with van der Waals surface area (Å²) in [7, 11) is 0. The van der Waals surface area contributed by atoms with Crippen molar-refractivity contribution in [2.45, 2.75) is 38.3 Å². The molecule has 6 heteroatoms. The minimum atomic E-state index is 0. The topological polar surface area (TPSA) is 44.4 Å². The van der Waals surface area contributed by atoms with Gasteiger partial charge in [-0.25, -0.2) is 0 Å². The van der Waals surface area contributed by atoms with Gasteiger partial charge in [0.2, 0.25) is 5.91 Å². The lowest BCUT2D eigenvalue weighted by molar-refractivity contribution is -0.126. The summed E-state index contributed by atoms with van der Waals surface area (Å²) in [5, 5.41) is 6.67. The predicted molar refractivity (Wildman–Crippen MR) is 100 cm³/mol. The summed E-state index contributed by atoms with van der Waals surface area (Å²) in [6.07, 6.45) is 2.93. The molecule has 0 aromatic heterocycles. The standard InChI is InChI=1S/C17H24BrN3O.ClH/c1-12-10-13(6-8-19-12)17(22)20-14-7-9-21(11-14)16-5-3-2-4-15(16)18;/h2-5,12-14,19H,6-11H2,1H3,(H,20,22);1H/t12-,13-,14?;/m0./s1. The Morgan fingerprint density at radius 1 is 1.35 bits per heavy atom. The fourth-order valence-electron chi connectivity index (χ4n) is 3.49. The van der Waals surface area contributed by atoms with E-state index in [1.807, 2.05) is 6.07 Å². The van der Waals surface area contributed by atoms with E-state index >= 15 is 0 Å². The molecule has 3 atom stereocenters. The second-order valence-electron chi connectivity index (χ2n) is 6.47. The Kier molecular flexibility index (Phi) is 6.74. The molecule has 0 radical (unpaired) electrons. The number of carbonyl (C=O) groups excluding carboxylic acids is 1. The summed E-state index contributed by atoms with van der Waals surface area (Å²) < 4.78 is 1.12. The Morgan fingerprint density at radius 2 is 2.13 bits per heavy atom. The van der Waals surface area contributed by atoms with Crippen LogP contribution in [0.4, 0.5) is 5.69 Å². The molecule has 1 aromatic carbocycles. The van der Waals surface area contributed by atoms with Gasteiger partial charge in [0.05, 0.1) is 5.69 Å². The number of hydrogen-bond acceptors (Lipinski definition) is 3. The number of para-hydroxylation sites is 1. The van der Waals surface area contributed by atoms with Crippen molar-refractivity contribution in [1.82, 2.24) is 10.6 Å². The van der Waals surface area contributed by atoms with Crippen molar-refractivity contribution in [1.29, 1.82) is 0 Å². The van der Waals surface area contributed by atoms with E-state index in [2.05, 4.69) is 56.6 Å². The zero-order valence-electron chi connectivity index (χ0n) is 13.4. The van der Waals surface area contributed by atoms with Crippen molar-refractivity contribution in [3.8, 4) is 0 Å². The van der Waals surface area contributed by atoms with Gasteiger partial charge in [0.25, 0.3) is 0 Å². The molecule has 23 heavy (non-hydrogen) atoms. The van der Waals surface area contributed by atoms with Gasteiger partial charge in [-0.05, 0) is 60.8 Å². The van der Waals surface area contributed by atoms with Gasteiger partial charge in [-0.2, -0.15) is 0 Å². The molecule has 2 heterocycles. The SMILES string of the molecule is C[C@H]1C[C@@H](C(=O)NC2CCN(c3ccccc3Br)C2)CCN1.Cl. The number of carbonyl (C=O) groups is 1. The number of nitrogens with one attached hydrogen (secondary N) is 2. The molecule has 1 unspecified atom stereocenters. The maximum Gasteiger partial charge on any atom is 0.223 e. The quantitative estimate of drug-likeness (QED) is 0.817. The van der Waals surface area contributed by atoms with Crippen LogP contribution in [0.2, 0.25) is 0 Å². The fourth-order valence-corrected chi connectivity index (χ4v) is 4.03. The Hall–Kier alpha value is -0.780. The third-order valence-corrected chi connectivity index (χ3v) is 5.39. The minimum absolute atomic E-state index is 0. The second kappa shape index (κ2) is 8.36. The molecule has 2 saturated heterocycles. The average Bonchev–Trinajstić information content (AvgIpc) is 2.96. The normalized spacial score (nSPS) is 27.4. The average molecular weight is 403 g/mol. The lowest BCUT2D eigenvalue weighted by Gasteiger charge is -2.28. The van der Waals surface area contributed by atoms with Crippen LogP contribution in [0.3, 0.4) is 0 Å². The Labute approximate surface area is 152 Å². The van der Waals surface area contributed by atoms with Gasteiger partial charge in [-0.15, -0.1) is 12.4 Å². The number of piperidine rings is 1. The molecule has 0 spiro atoms. The number of anilines is 1. The van der Waals surface area contributed by atoms with E-state index in [9.17, 15) is 4.79 Å². The van der Waals surface area contributed by atoms with Gasteiger partial charge >= 0.3 is 0 Å². The molecule has 2 aliphatic rings. The molecule has 0 bridgehead atoms. The van der Waals surface area contributed by atoms with E-state index < -0.39 is 0 Å². The molecule has 128 valence electrons. The van der Waals surface area contributed by atoms with Gasteiger partial charge in [0.1, 0.15) is 0 Å². The molecular formula is C17H25BrClN3O. The molecule has 1 aromatic rings. The molecule has 4 nitrogen and oxygen atoms in total. The largest absolute Gasteiger partial charge is 0.368 e. The Balaban J connectivity index is 0.00000192. The third-order valence-electron chi connectivity index (χ3n) is 4.72. The monoisotopic (exact) mass is 401 g/mol. The molecule has 0 saturated carbocycles. The minimum Gasteiger partial charge on any atom is -0.368 e. The van der Waals surface area contributed by atoms with E-state index in [4.69, 9.17) is 0 Å². The highest BCUT2D eigenvalue weighted by Crippen LogP contribution is 2.28. The van der Waals surface area contributed by atoms with Crippen LogP contribution < -0.4 is 15.5 Å². The van der Waals surface area contributed by atoms with Crippen LogP contribution >= 0.6 is 28.3 Å². The van der Waals surface area contributed by atoms with Crippen molar-refractivity contribution in [2.24, 2.45) is 5.92 Å². The first-order chi connectivity index (χ1) is 10.6. The number of amides is 1. The number of rotatable bonds is 3. The van der Waals surface area contributed by atoms with Crippen LogP contribution in [-0.4, -0.2) is 37.6 Å². The van der Waals surface area contributed by atoms with E-state index in [1.165, 1.54) is 5.69 Å². The highest BCUT2D eigenvalue weighted by molar-refractivity contribution is 9.10. The van der Waals surface area contributed by atoms with E-state index in [-0.39, 0.29) is 30.3 Å². The summed E-state index contributed by atoms with van der Waals surface area (Å²) in [4.78, 5) is 14.8. The highest BCUT2D eigenvalue weighted by Gasteiger charge is 2.29. The van der Waals surface area contributed by atoms with Crippen molar-refractivity contribution in [3.63, 3.8) is 0 Å². The van der Waals surface area contributed by atoms with Crippen molar-refractivity contribution >= 4 is 39.9 Å². The summed E-state index contributed by atoms with van der Waals surface area (Å²) in [5.74, 6) is 0.418. The van der Waals surface area contributed by atoms with Gasteiger partial charge in [0.15, 0.2) is 0 Å². The van der Waals surface area contributed by atoms with Crippen LogP contribution in [0.15, 0.2) is 28.7 Å². The van der Waals surface area contributed by atoms with Crippen molar-refractivity contribution < 1.29 is 4.79 Å². The summed E-state index contributed by atoms with van der Waals surface area (Å²) in [6.45, 7) is 5.00. The summed E-state index contributed by atoms with van der Waals surface area (Å²) in [6, 6.07) is 9.00. The van der Waals surface area contributed by atoms with Crippen LogP contribution in [0.1, 0.15) is 26.2 Å². The van der Waals surface area contributed by atoms with Crippen molar-refractivity contribution in [2.75, 3.05) is 24.5 Å². The highest BCUT2D eigenvalue weighted by atomic mass is 79.9. The third kappa shape index (κ3) is 4.61. The molecule has 3 rings (SSSR count). The fraction of sp³-hybridized carbons (Fsp3) is 0.588. The van der Waals surface area contributed by atoms with Gasteiger partial charge in [-0.3, -0.25) is 4.79 Å². The van der Waals surface area contributed by atoms with Gasteiger partial charge in [0, 0.05) is 35.6 Å². The smallest absolute Gasteiger partial charge is 0.223 e. The zero-order chi connectivity index (χ0) is 15.5. The van der Waals surface area contributed by atoms with E-state index in [0.29, 0.717) is 6.04 Å². The Bertz CT molecular complexity index is 542. The summed E-state index contributed by atoms with van der Waals surface area (Å²) >= 11 is 3.61. The van der Waals surface area contributed by atoms with Crippen LogP contribution in [-0.2, 0) is 4.79 Å². The first kappa shape index (κ1) is 18.6. The lowest BCUT2D eigenvalue weighted by Crippen LogP contribution is -2.46.